The number of rotatable bonds is 7. The van der Waals surface area contributed by atoms with Crippen molar-refractivity contribution in [3.63, 3.8) is 0 Å². The van der Waals surface area contributed by atoms with Gasteiger partial charge in [-0.15, -0.1) is 0 Å². The van der Waals surface area contributed by atoms with Crippen molar-refractivity contribution in [2.24, 2.45) is 0 Å². The first-order chi connectivity index (χ1) is 18.3. The number of hydrogen-bond donors (Lipinski definition) is 0. The second kappa shape index (κ2) is 11.3. The molecule has 1 fully saturated rings. The molecule has 210 valence electrons. The van der Waals surface area contributed by atoms with E-state index in [0.717, 1.165) is 27.8 Å². The molecule has 0 aliphatic carbocycles. The molecule has 8 heteroatoms. The van der Waals surface area contributed by atoms with E-state index in [1.165, 1.54) is 17.9 Å². The average molecular weight is 553 g/mol. The maximum Gasteiger partial charge on any atom is 0.243 e. The Morgan fingerprint density at radius 1 is 0.897 bits per heavy atom. The van der Waals surface area contributed by atoms with E-state index in [-0.39, 0.29) is 23.2 Å². The van der Waals surface area contributed by atoms with Crippen molar-refractivity contribution in [2.45, 2.75) is 71.9 Å². The molecule has 0 saturated carbocycles. The first kappa shape index (κ1) is 29.1. The minimum absolute atomic E-state index is 0.0788. The summed E-state index contributed by atoms with van der Waals surface area (Å²) in [5, 5.41) is 0. The Hall–Kier alpha value is -2.94. The van der Waals surface area contributed by atoms with Crippen LogP contribution < -0.4 is 10.2 Å². The maximum atomic E-state index is 13.5. The van der Waals surface area contributed by atoms with Gasteiger partial charge in [-0.05, 0) is 66.5 Å². The summed E-state index contributed by atoms with van der Waals surface area (Å²) >= 11 is 0. The first-order valence-electron chi connectivity index (χ1n) is 13.4. The van der Waals surface area contributed by atoms with Gasteiger partial charge in [0, 0.05) is 32.2 Å². The van der Waals surface area contributed by atoms with Crippen molar-refractivity contribution in [1.82, 2.24) is 9.21 Å². The van der Waals surface area contributed by atoms with E-state index < -0.39 is 10.0 Å². The molecular formula is C31H40N2O5S. The van der Waals surface area contributed by atoms with Gasteiger partial charge in [0.2, 0.25) is 21.2 Å². The number of benzene rings is 2. The van der Waals surface area contributed by atoms with E-state index in [9.17, 15) is 13.2 Å². The number of piperazine rings is 1. The van der Waals surface area contributed by atoms with E-state index >= 15 is 0 Å². The number of sulfonamides is 1. The molecule has 0 atom stereocenters. The highest BCUT2D eigenvalue weighted by atomic mass is 32.2. The molecule has 2 heterocycles. The lowest BCUT2D eigenvalue weighted by atomic mass is 9.87. The largest absolute Gasteiger partial charge is 0.482 e. The van der Waals surface area contributed by atoms with E-state index in [2.05, 4.69) is 37.8 Å². The van der Waals surface area contributed by atoms with E-state index in [1.54, 1.807) is 4.31 Å². The lowest BCUT2D eigenvalue weighted by molar-refractivity contribution is 0.169. The predicted molar refractivity (Wildman–Crippen MR) is 154 cm³/mol. The first-order valence-corrected chi connectivity index (χ1v) is 14.8. The van der Waals surface area contributed by atoms with Gasteiger partial charge in [0.1, 0.15) is 18.6 Å². The minimum Gasteiger partial charge on any atom is -0.482 e. The van der Waals surface area contributed by atoms with Crippen LogP contribution in [0.4, 0.5) is 0 Å². The summed E-state index contributed by atoms with van der Waals surface area (Å²) in [6, 6.07) is 11.7. The van der Waals surface area contributed by atoms with E-state index in [4.69, 9.17) is 9.15 Å². The third-order valence-corrected chi connectivity index (χ3v) is 9.85. The van der Waals surface area contributed by atoms with Crippen molar-refractivity contribution in [1.29, 1.82) is 0 Å². The van der Waals surface area contributed by atoms with Gasteiger partial charge in [0.15, 0.2) is 0 Å². The van der Waals surface area contributed by atoms with Gasteiger partial charge >= 0.3 is 0 Å². The molecular weight excluding hydrogens is 512 g/mol. The van der Waals surface area contributed by atoms with Crippen LogP contribution >= 0.6 is 0 Å². The smallest absolute Gasteiger partial charge is 0.243 e. The molecule has 2 aromatic carbocycles. The highest BCUT2D eigenvalue weighted by Gasteiger charge is 2.32. The molecule has 1 saturated heterocycles. The third-order valence-electron chi connectivity index (χ3n) is 7.67. The van der Waals surface area contributed by atoms with Crippen LogP contribution in [-0.4, -0.2) is 43.8 Å². The number of nitrogens with zero attached hydrogens (tertiary/aromatic N) is 2. The minimum atomic E-state index is -3.60. The Morgan fingerprint density at radius 3 is 2.03 bits per heavy atom. The van der Waals surface area contributed by atoms with Crippen LogP contribution in [0.1, 0.15) is 59.9 Å². The Balaban J connectivity index is 1.35. The van der Waals surface area contributed by atoms with Crippen LogP contribution in [0.3, 0.4) is 0 Å². The second-order valence-corrected chi connectivity index (χ2v) is 13.5. The van der Waals surface area contributed by atoms with Crippen LogP contribution in [0, 0.1) is 27.7 Å². The summed E-state index contributed by atoms with van der Waals surface area (Å²) in [6.45, 7) is 16.7. The van der Waals surface area contributed by atoms with Gasteiger partial charge in [0.25, 0.3) is 0 Å². The maximum absolute atomic E-state index is 13.5. The molecule has 3 aromatic rings. The topological polar surface area (TPSA) is 80.1 Å². The second-order valence-electron chi connectivity index (χ2n) is 11.6. The SMILES string of the molecule is Cc1cc(C)c(C)c(S(=O)(=O)N2CCN(Cc3cc(=O)c(OCc4ccc(C(C)(C)C)cc4)co3)CC2)c1C. The normalized spacial score (nSPS) is 15.5. The molecule has 0 amide bonds. The molecule has 0 radical (unpaired) electrons. The molecule has 0 N–H and O–H groups in total. The van der Waals surface area contributed by atoms with Crippen LogP contribution in [0.15, 0.2) is 56.8 Å². The molecule has 0 unspecified atom stereocenters. The molecule has 0 bridgehead atoms. The summed E-state index contributed by atoms with van der Waals surface area (Å²) in [5.41, 5.74) is 5.65. The van der Waals surface area contributed by atoms with Gasteiger partial charge < -0.3 is 9.15 Å². The summed E-state index contributed by atoms with van der Waals surface area (Å²) in [6.07, 6.45) is 1.37. The lowest BCUT2D eigenvalue weighted by Gasteiger charge is -2.34. The molecule has 1 aromatic heterocycles. The zero-order valence-electron chi connectivity index (χ0n) is 24.1. The number of ether oxygens (including phenoxy) is 1. The quantitative estimate of drug-likeness (QED) is 0.398. The fourth-order valence-corrected chi connectivity index (χ4v) is 6.93. The van der Waals surface area contributed by atoms with Gasteiger partial charge in [0.05, 0.1) is 11.4 Å². The summed E-state index contributed by atoms with van der Waals surface area (Å²) in [7, 11) is -3.60. The number of aryl methyl sites for hydroxylation is 2. The van der Waals surface area contributed by atoms with E-state index in [1.807, 2.05) is 45.9 Å². The van der Waals surface area contributed by atoms with Gasteiger partial charge in [-0.1, -0.05) is 51.1 Å². The molecule has 1 aliphatic heterocycles. The average Bonchev–Trinajstić information content (AvgIpc) is 2.87. The van der Waals surface area contributed by atoms with Gasteiger partial charge in [-0.3, -0.25) is 9.69 Å². The Bertz CT molecular complexity index is 1470. The zero-order chi connectivity index (χ0) is 28.5. The summed E-state index contributed by atoms with van der Waals surface area (Å²) in [5.74, 6) is 0.702. The lowest BCUT2D eigenvalue weighted by Crippen LogP contribution is -2.48. The summed E-state index contributed by atoms with van der Waals surface area (Å²) < 4.78 is 40.1. The van der Waals surface area contributed by atoms with Crippen molar-refractivity contribution >= 4 is 10.0 Å². The Morgan fingerprint density at radius 2 is 1.49 bits per heavy atom. The fraction of sp³-hybridized carbons (Fsp3) is 0.452. The standard InChI is InChI=1S/C31H40N2O5S/c1-21-16-22(2)24(4)30(23(21)3)39(35,36)33-14-12-32(13-15-33)18-27-17-28(34)29(20-37-27)38-19-25-8-10-26(11-9-25)31(5,6)7/h8-11,16-17,20H,12-15,18-19H2,1-7H3. The predicted octanol–water partition coefficient (Wildman–Crippen LogP) is 5.26. The molecule has 39 heavy (non-hydrogen) atoms. The highest BCUT2D eigenvalue weighted by molar-refractivity contribution is 7.89. The van der Waals surface area contributed by atoms with Crippen LogP contribution in [-0.2, 0) is 28.6 Å². The molecule has 0 spiro atoms. The Labute approximate surface area is 232 Å². The zero-order valence-corrected chi connectivity index (χ0v) is 24.9. The van der Waals surface area contributed by atoms with E-state index in [0.29, 0.717) is 43.4 Å². The third kappa shape index (κ3) is 6.45. The molecule has 7 nitrogen and oxygen atoms in total. The van der Waals surface area contributed by atoms with Gasteiger partial charge in [-0.2, -0.15) is 4.31 Å². The van der Waals surface area contributed by atoms with Crippen molar-refractivity contribution < 1.29 is 17.6 Å². The molecule has 1 aliphatic rings. The Kier molecular flexibility index (Phi) is 8.40. The highest BCUT2D eigenvalue weighted by Crippen LogP contribution is 2.29. The van der Waals surface area contributed by atoms with Crippen LogP contribution in [0.5, 0.6) is 5.75 Å². The van der Waals surface area contributed by atoms with Crippen LogP contribution in [0.2, 0.25) is 0 Å². The molecule has 4 rings (SSSR count). The number of hydrogen-bond acceptors (Lipinski definition) is 6. The van der Waals surface area contributed by atoms with Crippen molar-refractivity contribution in [2.75, 3.05) is 26.2 Å². The monoisotopic (exact) mass is 552 g/mol. The van der Waals surface area contributed by atoms with Crippen LogP contribution in [0.25, 0.3) is 0 Å². The van der Waals surface area contributed by atoms with Crippen molar-refractivity contribution in [3.8, 4) is 5.75 Å². The summed E-state index contributed by atoms with van der Waals surface area (Å²) in [4.78, 5) is 15.2. The van der Waals surface area contributed by atoms with Crippen molar-refractivity contribution in [3.05, 3.63) is 92.0 Å². The van der Waals surface area contributed by atoms with Gasteiger partial charge in [-0.25, -0.2) is 8.42 Å². The fourth-order valence-electron chi connectivity index (χ4n) is 4.93.